The minimum absolute atomic E-state index is 0.520. The number of hydrogen-bond acceptors (Lipinski definition) is 3. The molecule has 1 aliphatic rings. The van der Waals surface area contributed by atoms with Gasteiger partial charge >= 0.3 is 0 Å². The molecule has 0 aromatic heterocycles. The van der Waals surface area contributed by atoms with Crippen LogP contribution in [0.2, 0.25) is 0 Å². The van der Waals surface area contributed by atoms with E-state index in [1.54, 1.807) is 30.3 Å². The van der Waals surface area contributed by atoms with Gasteiger partial charge in [0, 0.05) is 12.1 Å². The van der Waals surface area contributed by atoms with Crippen LogP contribution >= 0.6 is 0 Å². The van der Waals surface area contributed by atoms with E-state index < -0.39 is 43.2 Å². The predicted octanol–water partition coefficient (Wildman–Crippen LogP) is 2.08. The lowest BCUT2D eigenvalue weighted by Crippen LogP contribution is -2.37. The summed E-state index contributed by atoms with van der Waals surface area (Å²) >= 11 is 0. The molecule has 1 aromatic rings. The van der Waals surface area contributed by atoms with Crippen LogP contribution in [0, 0.1) is 18.3 Å². The van der Waals surface area contributed by atoms with Gasteiger partial charge in [-0.1, -0.05) is 17.7 Å². The number of alkyl halides is 2. The lowest BCUT2D eigenvalue weighted by Gasteiger charge is -2.18. The Morgan fingerprint density at radius 2 is 2.05 bits per heavy atom. The number of likely N-dealkylation sites (tertiary alicyclic amines) is 1. The van der Waals surface area contributed by atoms with E-state index in [2.05, 4.69) is 5.32 Å². The summed E-state index contributed by atoms with van der Waals surface area (Å²) in [5.41, 5.74) is 1.54. The summed E-state index contributed by atoms with van der Waals surface area (Å²) in [6.07, 6.45) is -1.25. The molecule has 0 saturated carbocycles. The highest BCUT2D eigenvalue weighted by Crippen LogP contribution is 2.32. The molecule has 1 aromatic carbocycles. The second kappa shape index (κ2) is 6.10. The molecular formula is C15H15F2N3O2. The lowest BCUT2D eigenvalue weighted by molar-refractivity contribution is -0.135. The number of nitrogens with zero attached hydrogens (tertiary/aromatic N) is 2. The standard InChI is InChI=1S/C15H15F2N3O2/c1-10-2-4-11(5-3-10)19-13(21)6-14(22)20-9-15(16,17)7-12(20)8-18/h2-5,12H,6-7,9H2,1H3,(H,19,21)/t12-/m0/s1. The lowest BCUT2D eigenvalue weighted by atomic mass is 10.2. The number of amides is 2. The highest BCUT2D eigenvalue weighted by Gasteiger charge is 2.47. The molecule has 2 rings (SSSR count). The van der Waals surface area contributed by atoms with E-state index in [9.17, 15) is 18.4 Å². The number of benzene rings is 1. The summed E-state index contributed by atoms with van der Waals surface area (Å²) in [5, 5.41) is 11.4. The average molecular weight is 307 g/mol. The number of nitriles is 1. The summed E-state index contributed by atoms with van der Waals surface area (Å²) in [5.74, 6) is -4.45. The van der Waals surface area contributed by atoms with Gasteiger partial charge in [-0.3, -0.25) is 9.59 Å². The predicted molar refractivity (Wildman–Crippen MR) is 75.1 cm³/mol. The maximum Gasteiger partial charge on any atom is 0.268 e. The summed E-state index contributed by atoms with van der Waals surface area (Å²) in [6, 6.07) is 7.44. The molecule has 116 valence electrons. The maximum atomic E-state index is 13.3. The van der Waals surface area contributed by atoms with Crippen molar-refractivity contribution in [1.29, 1.82) is 5.26 Å². The fourth-order valence-corrected chi connectivity index (χ4v) is 2.28. The molecule has 22 heavy (non-hydrogen) atoms. The van der Waals surface area contributed by atoms with Crippen LogP contribution in [-0.4, -0.2) is 35.2 Å². The van der Waals surface area contributed by atoms with Crippen LogP contribution in [0.4, 0.5) is 14.5 Å². The first-order chi connectivity index (χ1) is 10.3. The molecule has 1 heterocycles. The Hall–Kier alpha value is -2.49. The van der Waals surface area contributed by atoms with Crippen molar-refractivity contribution in [3.63, 3.8) is 0 Å². The van der Waals surface area contributed by atoms with Gasteiger partial charge in [-0.2, -0.15) is 5.26 Å². The highest BCUT2D eigenvalue weighted by molar-refractivity contribution is 6.03. The van der Waals surface area contributed by atoms with Gasteiger partial charge in [-0.25, -0.2) is 8.78 Å². The third-order valence-corrected chi connectivity index (χ3v) is 3.39. The van der Waals surface area contributed by atoms with E-state index in [0.29, 0.717) is 5.69 Å². The van der Waals surface area contributed by atoms with Gasteiger partial charge in [0.1, 0.15) is 12.5 Å². The zero-order valence-electron chi connectivity index (χ0n) is 12.0. The summed E-state index contributed by atoms with van der Waals surface area (Å²) in [7, 11) is 0. The van der Waals surface area contributed by atoms with Crippen molar-refractivity contribution in [2.24, 2.45) is 0 Å². The number of hydrogen-bond donors (Lipinski definition) is 1. The van der Waals surface area contributed by atoms with Gasteiger partial charge in [-0.05, 0) is 19.1 Å². The van der Waals surface area contributed by atoms with Crippen LogP contribution in [0.25, 0.3) is 0 Å². The smallest absolute Gasteiger partial charge is 0.268 e. The zero-order chi connectivity index (χ0) is 16.3. The quantitative estimate of drug-likeness (QED) is 0.869. The fraction of sp³-hybridized carbons (Fsp3) is 0.400. The number of nitrogens with one attached hydrogen (secondary N) is 1. The van der Waals surface area contributed by atoms with Crippen LogP contribution in [0.5, 0.6) is 0 Å². The average Bonchev–Trinajstić information content (AvgIpc) is 2.76. The van der Waals surface area contributed by atoms with Gasteiger partial charge in [0.05, 0.1) is 12.6 Å². The monoisotopic (exact) mass is 307 g/mol. The molecule has 0 unspecified atom stereocenters. The molecule has 2 amide bonds. The number of rotatable bonds is 3. The van der Waals surface area contributed by atoms with Gasteiger partial charge in [0.25, 0.3) is 5.92 Å². The Bertz CT molecular complexity index is 623. The Kier molecular flexibility index (Phi) is 4.40. The van der Waals surface area contributed by atoms with Crippen molar-refractivity contribution in [1.82, 2.24) is 4.90 Å². The Balaban J connectivity index is 1.95. The summed E-state index contributed by atoms with van der Waals surface area (Å²) in [4.78, 5) is 24.5. The van der Waals surface area contributed by atoms with Gasteiger partial charge in [0.2, 0.25) is 11.8 Å². The van der Waals surface area contributed by atoms with Crippen LogP contribution in [-0.2, 0) is 9.59 Å². The Labute approximate surface area is 126 Å². The molecule has 0 bridgehead atoms. The third kappa shape index (κ3) is 3.79. The van der Waals surface area contributed by atoms with Crippen LogP contribution < -0.4 is 5.32 Å². The van der Waals surface area contributed by atoms with E-state index in [1.165, 1.54) is 0 Å². The van der Waals surface area contributed by atoms with E-state index in [-0.39, 0.29) is 0 Å². The minimum Gasteiger partial charge on any atom is -0.326 e. The first kappa shape index (κ1) is 15.9. The molecule has 0 spiro atoms. The second-order valence-corrected chi connectivity index (χ2v) is 5.32. The molecule has 1 aliphatic heterocycles. The van der Waals surface area contributed by atoms with Gasteiger partial charge < -0.3 is 10.2 Å². The van der Waals surface area contributed by atoms with Gasteiger partial charge in [0.15, 0.2) is 0 Å². The van der Waals surface area contributed by atoms with E-state index in [1.807, 2.05) is 6.92 Å². The third-order valence-electron chi connectivity index (χ3n) is 3.39. The summed E-state index contributed by atoms with van der Waals surface area (Å²) < 4.78 is 26.5. The Morgan fingerprint density at radius 1 is 1.41 bits per heavy atom. The first-order valence-corrected chi connectivity index (χ1v) is 6.74. The van der Waals surface area contributed by atoms with Gasteiger partial charge in [-0.15, -0.1) is 0 Å². The van der Waals surface area contributed by atoms with E-state index in [4.69, 9.17) is 5.26 Å². The number of aryl methyl sites for hydroxylation is 1. The van der Waals surface area contributed by atoms with Crippen molar-refractivity contribution >= 4 is 17.5 Å². The van der Waals surface area contributed by atoms with Crippen molar-refractivity contribution in [3.05, 3.63) is 29.8 Å². The summed E-state index contributed by atoms with van der Waals surface area (Å²) in [6.45, 7) is 1.08. The topological polar surface area (TPSA) is 73.2 Å². The van der Waals surface area contributed by atoms with Crippen LogP contribution in [0.3, 0.4) is 0 Å². The number of carbonyl (C=O) groups is 2. The number of halogens is 2. The largest absolute Gasteiger partial charge is 0.326 e. The molecule has 1 atom stereocenters. The maximum absolute atomic E-state index is 13.3. The molecule has 0 aliphatic carbocycles. The first-order valence-electron chi connectivity index (χ1n) is 6.74. The van der Waals surface area contributed by atoms with Crippen molar-refractivity contribution < 1.29 is 18.4 Å². The van der Waals surface area contributed by atoms with Crippen molar-refractivity contribution in [2.75, 3.05) is 11.9 Å². The molecule has 1 N–H and O–H groups in total. The minimum atomic E-state index is -3.08. The fourth-order valence-electron chi connectivity index (χ4n) is 2.28. The van der Waals surface area contributed by atoms with Crippen molar-refractivity contribution in [3.8, 4) is 6.07 Å². The molecular weight excluding hydrogens is 292 g/mol. The second-order valence-electron chi connectivity index (χ2n) is 5.32. The Morgan fingerprint density at radius 3 is 2.64 bits per heavy atom. The highest BCUT2D eigenvalue weighted by atomic mass is 19.3. The molecule has 7 heteroatoms. The molecule has 5 nitrogen and oxygen atoms in total. The SMILES string of the molecule is Cc1ccc(NC(=O)CC(=O)N2CC(F)(F)C[C@H]2C#N)cc1. The molecule has 1 fully saturated rings. The molecule has 0 radical (unpaired) electrons. The van der Waals surface area contributed by atoms with Crippen LogP contribution in [0.15, 0.2) is 24.3 Å². The zero-order valence-corrected chi connectivity index (χ0v) is 12.0. The van der Waals surface area contributed by atoms with E-state index in [0.717, 1.165) is 10.5 Å². The van der Waals surface area contributed by atoms with E-state index >= 15 is 0 Å². The normalized spacial score (nSPS) is 19.5. The molecule has 1 saturated heterocycles. The number of anilines is 1. The van der Waals surface area contributed by atoms with Crippen LogP contribution in [0.1, 0.15) is 18.4 Å². The number of carbonyl (C=O) groups excluding carboxylic acids is 2. The van der Waals surface area contributed by atoms with Crippen molar-refractivity contribution in [2.45, 2.75) is 31.7 Å².